The minimum atomic E-state index is -1.52. The van der Waals surface area contributed by atoms with Crippen molar-refractivity contribution in [2.75, 3.05) is 6.61 Å². The Labute approximate surface area is 134 Å². The van der Waals surface area contributed by atoms with Gasteiger partial charge in [-0.25, -0.2) is 0 Å². The van der Waals surface area contributed by atoms with Crippen LogP contribution in [0.3, 0.4) is 0 Å². The zero-order valence-corrected chi connectivity index (χ0v) is 13.4. The third-order valence-corrected chi connectivity index (χ3v) is 4.06. The van der Waals surface area contributed by atoms with E-state index in [2.05, 4.69) is 0 Å². The van der Waals surface area contributed by atoms with Crippen molar-refractivity contribution >= 4 is 0 Å². The van der Waals surface area contributed by atoms with E-state index in [1.807, 2.05) is 20.8 Å². The molecule has 0 bridgehead atoms. The smallest absolute Gasteiger partial charge is 0.229 e. The summed E-state index contributed by atoms with van der Waals surface area (Å²) in [7, 11) is 0. The van der Waals surface area contributed by atoms with Crippen LogP contribution in [0.5, 0.6) is 11.5 Å². The minimum Gasteiger partial charge on any atom is -0.504 e. The van der Waals surface area contributed by atoms with Gasteiger partial charge in [-0.05, 0) is 36.1 Å². The van der Waals surface area contributed by atoms with E-state index in [0.29, 0.717) is 0 Å². The number of benzene rings is 1. The second-order valence-corrected chi connectivity index (χ2v) is 6.15. The molecule has 0 saturated carbocycles. The van der Waals surface area contributed by atoms with Gasteiger partial charge in [-0.1, -0.05) is 13.8 Å². The summed E-state index contributed by atoms with van der Waals surface area (Å²) in [6.45, 7) is 5.32. The molecule has 7 heteroatoms. The minimum absolute atomic E-state index is 0.101. The standard InChI is InChI=1S/C16H24O7/c1-7(2)9-5-11(10(18)4-8(9)3)22-16-15(21)14(20)13(19)12(6-17)23-16/h4-5,7,12-21H,6H2,1-3H3. The molecule has 1 saturated heterocycles. The molecule has 5 atom stereocenters. The Morgan fingerprint density at radius 3 is 2.35 bits per heavy atom. The molecular weight excluding hydrogens is 304 g/mol. The second kappa shape index (κ2) is 7.02. The lowest BCUT2D eigenvalue weighted by Gasteiger charge is -2.39. The molecule has 5 N–H and O–H groups in total. The van der Waals surface area contributed by atoms with Crippen molar-refractivity contribution in [1.82, 2.24) is 0 Å². The Kier molecular flexibility index (Phi) is 5.49. The highest BCUT2D eigenvalue weighted by Crippen LogP contribution is 2.35. The number of phenols is 1. The first-order chi connectivity index (χ1) is 10.8. The van der Waals surface area contributed by atoms with Crippen molar-refractivity contribution < 1.29 is 35.0 Å². The Morgan fingerprint density at radius 2 is 1.78 bits per heavy atom. The van der Waals surface area contributed by atoms with E-state index in [0.717, 1.165) is 11.1 Å². The molecule has 7 nitrogen and oxygen atoms in total. The molecule has 0 radical (unpaired) electrons. The lowest BCUT2D eigenvalue weighted by atomic mass is 9.97. The Balaban J connectivity index is 2.25. The summed E-state index contributed by atoms with van der Waals surface area (Å²) in [5.41, 5.74) is 1.86. The first-order valence-corrected chi connectivity index (χ1v) is 7.57. The third-order valence-electron chi connectivity index (χ3n) is 4.06. The van der Waals surface area contributed by atoms with Gasteiger partial charge in [0.25, 0.3) is 0 Å². The summed E-state index contributed by atoms with van der Waals surface area (Å²) >= 11 is 0. The molecule has 23 heavy (non-hydrogen) atoms. The molecule has 130 valence electrons. The SMILES string of the molecule is Cc1cc(O)c(OC2OC(CO)C(O)C(O)C2O)cc1C(C)C. The number of phenolic OH excluding ortho intramolecular Hbond substituents is 1. The number of rotatable bonds is 4. The first-order valence-electron chi connectivity index (χ1n) is 7.57. The lowest BCUT2D eigenvalue weighted by molar-refractivity contribution is -0.277. The van der Waals surface area contributed by atoms with Crippen molar-refractivity contribution in [3.05, 3.63) is 23.3 Å². The van der Waals surface area contributed by atoms with E-state index in [4.69, 9.17) is 9.47 Å². The lowest BCUT2D eigenvalue weighted by Crippen LogP contribution is -2.60. The maximum absolute atomic E-state index is 10.0. The van der Waals surface area contributed by atoms with Gasteiger partial charge in [0.15, 0.2) is 11.5 Å². The van der Waals surface area contributed by atoms with Gasteiger partial charge >= 0.3 is 0 Å². The fourth-order valence-corrected chi connectivity index (χ4v) is 2.69. The molecule has 2 rings (SSSR count). The van der Waals surface area contributed by atoms with Crippen LogP contribution in [0.4, 0.5) is 0 Å². The van der Waals surface area contributed by atoms with E-state index in [1.54, 1.807) is 12.1 Å². The van der Waals surface area contributed by atoms with Gasteiger partial charge in [0, 0.05) is 0 Å². The molecular formula is C16H24O7. The molecule has 1 fully saturated rings. The average molecular weight is 328 g/mol. The quantitative estimate of drug-likeness (QED) is 0.528. The Hall–Kier alpha value is -1.38. The van der Waals surface area contributed by atoms with Gasteiger partial charge in [-0.15, -0.1) is 0 Å². The summed E-state index contributed by atoms with van der Waals surface area (Å²) in [6, 6.07) is 3.20. The van der Waals surface area contributed by atoms with Crippen molar-refractivity contribution in [2.24, 2.45) is 0 Å². The van der Waals surface area contributed by atoms with Crippen LogP contribution in [-0.2, 0) is 4.74 Å². The first kappa shape index (κ1) is 18.0. The Morgan fingerprint density at radius 1 is 1.13 bits per heavy atom. The van der Waals surface area contributed by atoms with Crippen LogP contribution in [0.1, 0.15) is 30.9 Å². The van der Waals surface area contributed by atoms with Crippen molar-refractivity contribution in [2.45, 2.75) is 57.4 Å². The monoisotopic (exact) mass is 328 g/mol. The van der Waals surface area contributed by atoms with Crippen molar-refractivity contribution in [3.8, 4) is 11.5 Å². The summed E-state index contributed by atoms with van der Waals surface area (Å²) in [5, 5.41) is 48.7. The van der Waals surface area contributed by atoms with E-state index >= 15 is 0 Å². The van der Waals surface area contributed by atoms with Gasteiger partial charge in [0.2, 0.25) is 6.29 Å². The number of aliphatic hydroxyl groups excluding tert-OH is 4. The predicted octanol–water partition coefficient (Wildman–Crippen LogP) is 0.00272. The number of hydrogen-bond donors (Lipinski definition) is 5. The summed E-state index contributed by atoms with van der Waals surface area (Å²) in [5.74, 6) is 0.181. The van der Waals surface area contributed by atoms with E-state index in [9.17, 15) is 25.5 Å². The zero-order valence-electron chi connectivity index (χ0n) is 13.4. The molecule has 5 unspecified atom stereocenters. The molecule has 0 aromatic heterocycles. The van der Waals surface area contributed by atoms with E-state index in [-0.39, 0.29) is 17.4 Å². The fraction of sp³-hybridized carbons (Fsp3) is 0.625. The van der Waals surface area contributed by atoms with Crippen LogP contribution >= 0.6 is 0 Å². The molecule has 0 spiro atoms. The average Bonchev–Trinajstić information content (AvgIpc) is 2.49. The second-order valence-electron chi connectivity index (χ2n) is 6.15. The zero-order chi connectivity index (χ0) is 17.3. The molecule has 1 aromatic carbocycles. The normalized spacial score (nSPS) is 31.4. The van der Waals surface area contributed by atoms with Crippen LogP contribution in [0, 0.1) is 6.92 Å². The molecule has 1 aliphatic rings. The molecule has 0 amide bonds. The number of ether oxygens (including phenoxy) is 2. The highest BCUT2D eigenvalue weighted by atomic mass is 16.7. The van der Waals surface area contributed by atoms with Crippen LogP contribution in [0.15, 0.2) is 12.1 Å². The van der Waals surface area contributed by atoms with Gasteiger partial charge in [-0.2, -0.15) is 0 Å². The number of aliphatic hydroxyl groups is 4. The summed E-state index contributed by atoms with van der Waals surface area (Å²) in [4.78, 5) is 0. The van der Waals surface area contributed by atoms with Crippen LogP contribution in [-0.4, -0.2) is 62.8 Å². The molecule has 0 aliphatic carbocycles. The maximum Gasteiger partial charge on any atom is 0.229 e. The highest BCUT2D eigenvalue weighted by Gasteiger charge is 2.44. The fourth-order valence-electron chi connectivity index (χ4n) is 2.69. The summed E-state index contributed by atoms with van der Waals surface area (Å²) < 4.78 is 10.8. The topological polar surface area (TPSA) is 120 Å². The predicted molar refractivity (Wildman–Crippen MR) is 81.3 cm³/mol. The molecule has 1 aromatic rings. The van der Waals surface area contributed by atoms with Gasteiger partial charge in [0.1, 0.15) is 24.4 Å². The third kappa shape index (κ3) is 3.59. The van der Waals surface area contributed by atoms with Gasteiger partial charge < -0.3 is 35.0 Å². The van der Waals surface area contributed by atoms with Crippen LogP contribution in [0.25, 0.3) is 0 Å². The van der Waals surface area contributed by atoms with E-state index < -0.39 is 37.3 Å². The number of hydrogen-bond acceptors (Lipinski definition) is 7. The summed E-state index contributed by atoms with van der Waals surface area (Å²) in [6.07, 6.45) is -6.87. The van der Waals surface area contributed by atoms with Crippen LogP contribution in [0.2, 0.25) is 0 Å². The largest absolute Gasteiger partial charge is 0.504 e. The van der Waals surface area contributed by atoms with Crippen LogP contribution < -0.4 is 4.74 Å². The molecule has 1 aliphatic heterocycles. The highest BCUT2D eigenvalue weighted by molar-refractivity contribution is 5.47. The van der Waals surface area contributed by atoms with E-state index in [1.165, 1.54) is 0 Å². The van der Waals surface area contributed by atoms with Gasteiger partial charge in [-0.3, -0.25) is 0 Å². The van der Waals surface area contributed by atoms with Gasteiger partial charge in [0.05, 0.1) is 6.61 Å². The number of aryl methyl sites for hydroxylation is 1. The maximum atomic E-state index is 10.0. The Bertz CT molecular complexity index is 543. The molecule has 1 heterocycles. The van der Waals surface area contributed by atoms with Crippen molar-refractivity contribution in [3.63, 3.8) is 0 Å². The number of aromatic hydroxyl groups is 1. The van der Waals surface area contributed by atoms with Crippen molar-refractivity contribution in [1.29, 1.82) is 0 Å².